The van der Waals surface area contributed by atoms with Gasteiger partial charge in [0.2, 0.25) is 0 Å². The van der Waals surface area contributed by atoms with E-state index in [0.717, 1.165) is 11.1 Å². The fourth-order valence-electron chi connectivity index (χ4n) is 2.84. The maximum Gasteiger partial charge on any atom is 0.264 e. The Morgan fingerprint density at radius 1 is 0.958 bits per heavy atom. The Bertz CT molecular complexity index is 761. The second-order valence-electron chi connectivity index (χ2n) is 5.42. The van der Waals surface area contributed by atoms with Gasteiger partial charge in [0, 0.05) is 6.54 Å². The zero-order valence-electron chi connectivity index (χ0n) is 13.4. The third kappa shape index (κ3) is 3.53. The molecule has 0 spiro atoms. The van der Waals surface area contributed by atoms with Gasteiger partial charge in [-0.1, -0.05) is 72.3 Å². The van der Waals surface area contributed by atoms with Crippen LogP contribution in [0.5, 0.6) is 0 Å². The number of carbonyl (C=O) groups is 1. The first-order valence-electron chi connectivity index (χ1n) is 7.87. The minimum atomic E-state index is -0.120. The fourth-order valence-corrected chi connectivity index (χ4v) is 3.84. The molecule has 0 aliphatic carbocycles. The molecule has 0 bridgehead atoms. The molecule has 0 saturated heterocycles. The van der Waals surface area contributed by atoms with E-state index < -0.39 is 0 Å². The van der Waals surface area contributed by atoms with Crippen molar-refractivity contribution in [2.24, 2.45) is 0 Å². The maximum absolute atomic E-state index is 13.1. The van der Waals surface area contributed by atoms with Gasteiger partial charge in [0.1, 0.15) is 0 Å². The average Bonchev–Trinajstić information content (AvgIpc) is 3.07. The van der Waals surface area contributed by atoms with Crippen molar-refractivity contribution in [3.05, 3.63) is 93.1 Å². The zero-order valence-corrected chi connectivity index (χ0v) is 14.9. The zero-order chi connectivity index (χ0) is 16.9. The van der Waals surface area contributed by atoms with Gasteiger partial charge in [0.05, 0.1) is 15.3 Å². The molecule has 1 amide bonds. The van der Waals surface area contributed by atoms with Gasteiger partial charge in [-0.25, -0.2) is 0 Å². The Kier molecular flexibility index (Phi) is 5.34. The number of hydrogen-bond acceptors (Lipinski definition) is 2. The minimum absolute atomic E-state index is 0.00658. The highest BCUT2D eigenvalue weighted by molar-refractivity contribution is 7.17. The first-order valence-corrected chi connectivity index (χ1v) is 9.06. The summed E-state index contributed by atoms with van der Waals surface area (Å²) in [6, 6.07) is 23.7. The summed E-state index contributed by atoms with van der Waals surface area (Å²) in [7, 11) is 0. The SMILES string of the molecule is CCN(C(=O)c1ccc(Cl)s1)C(c1ccccc1)c1ccccc1. The van der Waals surface area contributed by atoms with Crippen LogP contribution in [0.25, 0.3) is 0 Å². The first kappa shape index (κ1) is 16.7. The number of hydrogen-bond donors (Lipinski definition) is 0. The van der Waals surface area contributed by atoms with Crippen LogP contribution in [0.15, 0.2) is 72.8 Å². The first-order chi connectivity index (χ1) is 11.7. The van der Waals surface area contributed by atoms with Crippen LogP contribution < -0.4 is 0 Å². The highest BCUT2D eigenvalue weighted by atomic mass is 35.5. The fraction of sp³-hybridized carbons (Fsp3) is 0.150. The molecule has 3 aromatic rings. The molecule has 4 heteroatoms. The molecule has 0 radical (unpaired) electrons. The largest absolute Gasteiger partial charge is 0.327 e. The molecule has 122 valence electrons. The third-order valence-electron chi connectivity index (χ3n) is 3.93. The Labute approximate surface area is 151 Å². The molecule has 2 aromatic carbocycles. The Hall–Kier alpha value is -2.10. The summed E-state index contributed by atoms with van der Waals surface area (Å²) >= 11 is 7.34. The average molecular weight is 356 g/mol. The molecule has 0 saturated carbocycles. The van der Waals surface area contributed by atoms with E-state index in [1.807, 2.05) is 48.2 Å². The van der Waals surface area contributed by atoms with Gasteiger partial charge >= 0.3 is 0 Å². The van der Waals surface area contributed by atoms with Gasteiger partial charge in [0.25, 0.3) is 5.91 Å². The number of halogens is 1. The van der Waals surface area contributed by atoms with Gasteiger partial charge in [0.15, 0.2) is 0 Å². The van der Waals surface area contributed by atoms with Crippen LogP contribution in [-0.4, -0.2) is 17.4 Å². The van der Waals surface area contributed by atoms with E-state index in [9.17, 15) is 4.79 Å². The van der Waals surface area contributed by atoms with Crippen molar-refractivity contribution >= 4 is 28.8 Å². The van der Waals surface area contributed by atoms with Crippen molar-refractivity contribution < 1.29 is 4.79 Å². The minimum Gasteiger partial charge on any atom is -0.327 e. The second kappa shape index (κ2) is 7.65. The van der Waals surface area contributed by atoms with Crippen molar-refractivity contribution in [1.29, 1.82) is 0 Å². The lowest BCUT2D eigenvalue weighted by Crippen LogP contribution is -2.35. The normalized spacial score (nSPS) is 10.8. The van der Waals surface area contributed by atoms with Crippen molar-refractivity contribution in [3.63, 3.8) is 0 Å². The summed E-state index contributed by atoms with van der Waals surface area (Å²) in [4.78, 5) is 15.6. The Morgan fingerprint density at radius 3 is 1.92 bits per heavy atom. The summed E-state index contributed by atoms with van der Waals surface area (Å²) in [5.41, 5.74) is 2.20. The van der Waals surface area contributed by atoms with Crippen molar-refractivity contribution in [2.75, 3.05) is 6.54 Å². The van der Waals surface area contributed by atoms with Crippen molar-refractivity contribution in [1.82, 2.24) is 4.90 Å². The maximum atomic E-state index is 13.1. The molecule has 1 aromatic heterocycles. The number of thiophene rings is 1. The van der Waals surface area contributed by atoms with Crippen molar-refractivity contribution in [2.45, 2.75) is 13.0 Å². The highest BCUT2D eigenvalue weighted by Gasteiger charge is 2.27. The molecule has 0 aliphatic rings. The monoisotopic (exact) mass is 355 g/mol. The van der Waals surface area contributed by atoms with E-state index in [-0.39, 0.29) is 11.9 Å². The second-order valence-corrected chi connectivity index (χ2v) is 7.13. The quantitative estimate of drug-likeness (QED) is 0.578. The van der Waals surface area contributed by atoms with Gasteiger partial charge in [-0.3, -0.25) is 4.79 Å². The number of benzene rings is 2. The van der Waals surface area contributed by atoms with Crippen LogP contribution in [0, 0.1) is 0 Å². The molecule has 0 fully saturated rings. The van der Waals surface area contributed by atoms with E-state index in [1.54, 1.807) is 12.1 Å². The van der Waals surface area contributed by atoms with Crippen LogP contribution in [0.3, 0.4) is 0 Å². The summed E-state index contributed by atoms with van der Waals surface area (Å²) in [6.45, 7) is 2.62. The van der Waals surface area contributed by atoms with E-state index in [4.69, 9.17) is 11.6 Å². The van der Waals surface area contributed by atoms with Crippen LogP contribution in [0.1, 0.15) is 33.8 Å². The molecule has 0 aliphatic heterocycles. The molecule has 1 heterocycles. The van der Waals surface area contributed by atoms with Crippen LogP contribution in [-0.2, 0) is 0 Å². The van der Waals surface area contributed by atoms with E-state index in [1.165, 1.54) is 11.3 Å². The lowest BCUT2D eigenvalue weighted by molar-refractivity contribution is 0.0722. The number of carbonyl (C=O) groups excluding carboxylic acids is 1. The van der Waals surface area contributed by atoms with Crippen LogP contribution in [0.2, 0.25) is 4.34 Å². The summed E-state index contributed by atoms with van der Waals surface area (Å²) in [5.74, 6) is 0.00658. The number of nitrogens with zero attached hydrogens (tertiary/aromatic N) is 1. The van der Waals surface area contributed by atoms with Crippen LogP contribution >= 0.6 is 22.9 Å². The molecule has 0 atom stereocenters. The molecule has 3 rings (SSSR count). The number of amides is 1. The van der Waals surface area contributed by atoms with Gasteiger partial charge in [-0.05, 0) is 30.2 Å². The smallest absolute Gasteiger partial charge is 0.264 e. The molecule has 24 heavy (non-hydrogen) atoms. The molecule has 0 N–H and O–H groups in total. The van der Waals surface area contributed by atoms with Crippen LogP contribution in [0.4, 0.5) is 0 Å². The Morgan fingerprint density at radius 2 is 1.50 bits per heavy atom. The van der Waals surface area contributed by atoms with Crippen molar-refractivity contribution in [3.8, 4) is 0 Å². The predicted molar refractivity (Wildman–Crippen MR) is 101 cm³/mol. The standard InChI is InChI=1S/C20H18ClNOS/c1-2-22(20(23)17-13-14-18(21)24-17)19(15-9-5-3-6-10-15)16-11-7-4-8-12-16/h3-14,19H,2H2,1H3. The summed E-state index contributed by atoms with van der Waals surface area (Å²) in [5, 5.41) is 0. The lowest BCUT2D eigenvalue weighted by atomic mass is 9.97. The van der Waals surface area contributed by atoms with E-state index in [0.29, 0.717) is 15.8 Å². The predicted octanol–water partition coefficient (Wildman–Crippen LogP) is 5.65. The highest BCUT2D eigenvalue weighted by Crippen LogP contribution is 2.31. The topological polar surface area (TPSA) is 20.3 Å². The lowest BCUT2D eigenvalue weighted by Gasteiger charge is -2.31. The number of rotatable bonds is 5. The summed E-state index contributed by atoms with van der Waals surface area (Å²) < 4.78 is 0.630. The van der Waals surface area contributed by atoms with Gasteiger partial charge < -0.3 is 4.90 Å². The molecular weight excluding hydrogens is 338 g/mol. The van der Waals surface area contributed by atoms with E-state index >= 15 is 0 Å². The molecule has 2 nitrogen and oxygen atoms in total. The molecular formula is C20H18ClNOS. The Balaban J connectivity index is 2.04. The third-order valence-corrected chi connectivity index (χ3v) is 5.15. The molecule has 0 unspecified atom stereocenters. The summed E-state index contributed by atoms with van der Waals surface area (Å²) in [6.07, 6.45) is 0. The van der Waals surface area contributed by atoms with E-state index in [2.05, 4.69) is 24.3 Å². The van der Waals surface area contributed by atoms with Gasteiger partial charge in [-0.15, -0.1) is 11.3 Å². The van der Waals surface area contributed by atoms with Gasteiger partial charge in [-0.2, -0.15) is 0 Å².